The topological polar surface area (TPSA) is 26.0 Å². The predicted molar refractivity (Wildman–Crippen MR) is 44.1 cm³/mol. The molecule has 1 atom stereocenters. The molecule has 2 N–H and O–H groups in total. The molecule has 0 aromatic heterocycles. The van der Waals surface area contributed by atoms with Crippen LogP contribution in [0.3, 0.4) is 0 Å². The van der Waals surface area contributed by atoms with Gasteiger partial charge in [0.05, 0.1) is 0 Å². The summed E-state index contributed by atoms with van der Waals surface area (Å²) in [7, 11) is 0. The van der Waals surface area contributed by atoms with E-state index in [0.29, 0.717) is 6.54 Å². The second-order valence-electron chi connectivity index (χ2n) is 3.10. The maximum atomic E-state index is 12.1. The molecule has 0 saturated carbocycles. The van der Waals surface area contributed by atoms with E-state index in [0.717, 1.165) is 17.9 Å². The third-order valence-corrected chi connectivity index (χ3v) is 3.51. The normalized spacial score (nSPS) is 31.6. The first-order chi connectivity index (χ1) is 5.18. The molecule has 1 aliphatic heterocycles. The zero-order chi connectivity index (χ0) is 8.32. The molecule has 0 aromatic rings. The lowest BCUT2D eigenvalue weighted by molar-refractivity contribution is 0.0859. The van der Waals surface area contributed by atoms with Crippen LogP contribution in [-0.4, -0.2) is 24.5 Å². The van der Waals surface area contributed by atoms with Crippen molar-refractivity contribution < 1.29 is 8.78 Å². The molecule has 0 aromatic carbocycles. The van der Waals surface area contributed by atoms with Crippen molar-refractivity contribution in [2.75, 3.05) is 18.1 Å². The van der Waals surface area contributed by atoms with Crippen molar-refractivity contribution in [2.45, 2.75) is 19.3 Å². The molecule has 1 rings (SSSR count). The van der Waals surface area contributed by atoms with Gasteiger partial charge in [-0.1, -0.05) is 0 Å². The van der Waals surface area contributed by atoms with Gasteiger partial charge in [-0.25, -0.2) is 8.78 Å². The van der Waals surface area contributed by atoms with E-state index in [-0.39, 0.29) is 11.8 Å². The Bertz CT molecular complexity index is 124. The molecule has 11 heavy (non-hydrogen) atoms. The molecule has 0 aliphatic carbocycles. The fourth-order valence-electron chi connectivity index (χ4n) is 1.38. The van der Waals surface area contributed by atoms with Gasteiger partial charge in [-0.05, 0) is 24.1 Å². The Balaban J connectivity index is 2.45. The van der Waals surface area contributed by atoms with Crippen molar-refractivity contribution >= 4 is 11.8 Å². The monoisotopic (exact) mass is 181 g/mol. The summed E-state index contributed by atoms with van der Waals surface area (Å²) in [6, 6.07) is 0. The molecule has 66 valence electrons. The summed E-state index contributed by atoms with van der Waals surface area (Å²) in [5.41, 5.74) is 5.22. The highest BCUT2D eigenvalue weighted by Gasteiger charge is 2.35. The molecule has 1 fully saturated rings. The lowest BCUT2D eigenvalue weighted by Gasteiger charge is -2.25. The van der Waals surface area contributed by atoms with Crippen molar-refractivity contribution in [3.05, 3.63) is 0 Å². The Kier molecular flexibility index (Phi) is 3.13. The van der Waals surface area contributed by atoms with Crippen LogP contribution in [-0.2, 0) is 0 Å². The number of thioether (sulfide) groups is 1. The van der Waals surface area contributed by atoms with E-state index in [1.165, 1.54) is 0 Å². The quantitative estimate of drug-likeness (QED) is 0.717. The predicted octanol–water partition coefficient (Wildman–Crippen LogP) is 1.72. The van der Waals surface area contributed by atoms with Crippen LogP contribution in [0, 0.1) is 5.41 Å². The molecule has 4 heteroatoms. The summed E-state index contributed by atoms with van der Waals surface area (Å²) in [6.07, 6.45) is -1.35. The summed E-state index contributed by atoms with van der Waals surface area (Å²) < 4.78 is 24.1. The van der Waals surface area contributed by atoms with Gasteiger partial charge < -0.3 is 5.73 Å². The molecule has 0 amide bonds. The molecular weight excluding hydrogens is 168 g/mol. The van der Waals surface area contributed by atoms with Gasteiger partial charge in [-0.3, -0.25) is 0 Å². The summed E-state index contributed by atoms with van der Waals surface area (Å²) in [5.74, 6) is 1.80. The van der Waals surface area contributed by atoms with Crippen LogP contribution in [0.2, 0.25) is 0 Å². The van der Waals surface area contributed by atoms with E-state index in [9.17, 15) is 8.78 Å². The van der Waals surface area contributed by atoms with Gasteiger partial charge in [0, 0.05) is 12.2 Å². The van der Waals surface area contributed by atoms with Crippen molar-refractivity contribution in [3.63, 3.8) is 0 Å². The van der Waals surface area contributed by atoms with E-state index in [1.807, 2.05) is 0 Å². The molecular formula is C7H13F2NS. The third kappa shape index (κ3) is 2.30. The molecule has 1 aliphatic rings. The molecule has 0 radical (unpaired) electrons. The largest absolute Gasteiger partial charge is 0.330 e. The fraction of sp³-hybridized carbons (Fsp3) is 1.00. The minimum Gasteiger partial charge on any atom is -0.330 e. The number of rotatable bonds is 3. The van der Waals surface area contributed by atoms with Crippen LogP contribution in [0.25, 0.3) is 0 Å². The van der Waals surface area contributed by atoms with E-state index >= 15 is 0 Å². The molecule has 1 heterocycles. The average molecular weight is 181 g/mol. The first kappa shape index (κ1) is 9.26. The van der Waals surface area contributed by atoms with E-state index in [2.05, 4.69) is 0 Å². The molecule has 0 bridgehead atoms. The number of halogens is 2. The Morgan fingerprint density at radius 3 is 2.64 bits per heavy atom. The van der Waals surface area contributed by atoms with Gasteiger partial charge in [-0.2, -0.15) is 11.8 Å². The van der Waals surface area contributed by atoms with Gasteiger partial charge in [0.2, 0.25) is 6.43 Å². The minimum atomic E-state index is -2.20. The van der Waals surface area contributed by atoms with Crippen LogP contribution in [0.1, 0.15) is 12.8 Å². The lowest BCUT2D eigenvalue weighted by Crippen LogP contribution is -2.32. The first-order valence-corrected chi connectivity index (χ1v) is 4.90. The Hall–Kier alpha value is 0.170. The number of hydrogen-bond acceptors (Lipinski definition) is 2. The van der Waals surface area contributed by atoms with Gasteiger partial charge >= 0.3 is 0 Å². The van der Waals surface area contributed by atoms with Crippen molar-refractivity contribution in [3.8, 4) is 0 Å². The van der Waals surface area contributed by atoms with Crippen molar-refractivity contribution in [2.24, 2.45) is 11.1 Å². The molecule has 1 nitrogen and oxygen atoms in total. The highest BCUT2D eigenvalue weighted by Crippen LogP contribution is 2.39. The third-order valence-electron chi connectivity index (χ3n) is 2.21. The van der Waals surface area contributed by atoms with Crippen LogP contribution in [0.4, 0.5) is 8.78 Å². The van der Waals surface area contributed by atoms with Gasteiger partial charge in [-0.15, -0.1) is 0 Å². The summed E-state index contributed by atoms with van der Waals surface area (Å²) in [5, 5.41) is 0. The Morgan fingerprint density at radius 1 is 1.55 bits per heavy atom. The fourth-order valence-corrected chi connectivity index (χ4v) is 2.92. The maximum Gasteiger partial charge on any atom is 0.239 e. The SMILES string of the molecule is NCC1(CC(F)F)CCSC1. The average Bonchev–Trinajstić information content (AvgIpc) is 2.36. The van der Waals surface area contributed by atoms with Crippen LogP contribution < -0.4 is 5.73 Å². The van der Waals surface area contributed by atoms with Crippen LogP contribution in [0.15, 0.2) is 0 Å². The number of alkyl halides is 2. The number of hydrogen-bond donors (Lipinski definition) is 1. The highest BCUT2D eigenvalue weighted by atomic mass is 32.2. The van der Waals surface area contributed by atoms with Crippen LogP contribution >= 0.6 is 11.8 Å². The second-order valence-corrected chi connectivity index (χ2v) is 4.21. The van der Waals surface area contributed by atoms with E-state index in [4.69, 9.17) is 5.73 Å². The van der Waals surface area contributed by atoms with Crippen molar-refractivity contribution in [1.29, 1.82) is 0 Å². The Labute approximate surface area is 69.7 Å². The Morgan fingerprint density at radius 2 is 2.27 bits per heavy atom. The maximum absolute atomic E-state index is 12.1. The first-order valence-electron chi connectivity index (χ1n) is 3.74. The molecule has 1 unspecified atom stereocenters. The van der Waals surface area contributed by atoms with Crippen molar-refractivity contribution in [1.82, 2.24) is 0 Å². The van der Waals surface area contributed by atoms with E-state index < -0.39 is 6.43 Å². The van der Waals surface area contributed by atoms with Gasteiger partial charge in [0.25, 0.3) is 0 Å². The summed E-state index contributed by atoms with van der Waals surface area (Å²) >= 11 is 1.73. The summed E-state index contributed by atoms with van der Waals surface area (Å²) in [6.45, 7) is 0.407. The highest BCUT2D eigenvalue weighted by molar-refractivity contribution is 7.99. The smallest absolute Gasteiger partial charge is 0.239 e. The van der Waals surface area contributed by atoms with Crippen LogP contribution in [0.5, 0.6) is 0 Å². The number of nitrogens with two attached hydrogens (primary N) is 1. The second kappa shape index (κ2) is 3.72. The molecule has 1 saturated heterocycles. The molecule has 0 spiro atoms. The van der Waals surface area contributed by atoms with Gasteiger partial charge in [0.15, 0.2) is 0 Å². The zero-order valence-electron chi connectivity index (χ0n) is 6.35. The summed E-state index contributed by atoms with van der Waals surface area (Å²) in [4.78, 5) is 0. The van der Waals surface area contributed by atoms with E-state index in [1.54, 1.807) is 11.8 Å². The van der Waals surface area contributed by atoms with Gasteiger partial charge in [0.1, 0.15) is 0 Å². The standard InChI is InChI=1S/C7H13F2NS/c8-6(9)3-7(4-10)1-2-11-5-7/h6H,1-5,10H2. The zero-order valence-corrected chi connectivity index (χ0v) is 7.17. The lowest BCUT2D eigenvalue weighted by atomic mass is 9.84. The minimum absolute atomic E-state index is 0.0174.